The molecule has 0 bridgehead atoms. The van der Waals surface area contributed by atoms with Gasteiger partial charge in [0.05, 0.1) is 32.8 Å². The van der Waals surface area contributed by atoms with Gasteiger partial charge in [-0.3, -0.25) is 4.79 Å². The summed E-state index contributed by atoms with van der Waals surface area (Å²) in [5.41, 5.74) is 0.261. The molecule has 0 radical (unpaired) electrons. The number of methoxy groups -OCH3 is 1. The highest BCUT2D eigenvalue weighted by atomic mass is 16.8. The average Bonchev–Trinajstić information content (AvgIpc) is 3.14. The lowest BCUT2D eigenvalue weighted by Crippen LogP contribution is -2.65. The number of aliphatic hydroxyl groups is 9. The summed E-state index contributed by atoms with van der Waals surface area (Å²) in [6, 6.07) is 6.71. The summed E-state index contributed by atoms with van der Waals surface area (Å²) in [5.74, 6) is -1.36. The fraction of sp³-hybridized carbons (Fsp3) is 0.618. The predicted molar refractivity (Wildman–Crippen MR) is 173 cm³/mol. The molecule has 0 aromatic heterocycles. The summed E-state index contributed by atoms with van der Waals surface area (Å²) >= 11 is 0. The lowest BCUT2D eigenvalue weighted by Gasteiger charge is -2.46. The Morgan fingerprint density at radius 3 is 2.09 bits per heavy atom. The van der Waals surface area contributed by atoms with E-state index in [2.05, 4.69) is 0 Å². The fourth-order valence-corrected chi connectivity index (χ4v) is 6.69. The number of phenols is 2. The molecule has 4 aliphatic heterocycles. The summed E-state index contributed by atoms with van der Waals surface area (Å²) in [5, 5.41) is 115. The third kappa shape index (κ3) is 7.81. The van der Waals surface area contributed by atoms with Crippen LogP contribution in [0.4, 0.5) is 0 Å². The van der Waals surface area contributed by atoms with Gasteiger partial charge in [0.15, 0.2) is 29.9 Å². The Morgan fingerprint density at radius 2 is 1.41 bits per heavy atom. The smallest absolute Gasteiger partial charge is 0.229 e. The van der Waals surface area contributed by atoms with Crippen LogP contribution in [0.3, 0.4) is 0 Å². The molecule has 4 aliphatic rings. The molecule has 6 rings (SSSR count). The number of aliphatic hydroxyl groups excluding tert-OH is 9. The van der Waals surface area contributed by atoms with Gasteiger partial charge in [-0.2, -0.15) is 0 Å². The average molecular weight is 773 g/mol. The standard InChI is InChI=1S/C34H44O20/c1-11-23(39)25(41)28(44)32(49-11)48-10-21-31(54-34-29(45)26(42)24(40)20(9-35)52-34)27(43)30(46)33(53-21)50-13-6-15(37)22-16(38)8-18(51-19(22)7-13)12-3-4-17(47-2)14(36)5-12/h3-7,11,18,20-21,23-37,39-46H,8-10H2,1-2H3/t11?,18?,20?,21?,23-,24-,25-,26-,27+,28?,29?,30?,31-,32+,33+,34-/m0/s1. The van der Waals surface area contributed by atoms with Crippen LogP contribution >= 0.6 is 0 Å². The number of phenolic OH excluding ortho intramolecular Hbond substituents is 2. The number of rotatable bonds is 10. The maximum Gasteiger partial charge on any atom is 0.229 e. The number of ether oxygens (including phenoxy) is 8. The zero-order valence-electron chi connectivity index (χ0n) is 28.8. The van der Waals surface area contributed by atoms with Crippen LogP contribution in [-0.2, 0) is 23.7 Å². The number of fused-ring (bicyclic) bond motifs is 1. The fourth-order valence-electron chi connectivity index (χ4n) is 6.69. The van der Waals surface area contributed by atoms with Crippen molar-refractivity contribution in [3.63, 3.8) is 0 Å². The predicted octanol–water partition coefficient (Wildman–Crippen LogP) is -3.33. The highest BCUT2D eigenvalue weighted by Crippen LogP contribution is 2.44. The minimum Gasteiger partial charge on any atom is -0.507 e. The Labute approximate surface area is 306 Å². The first-order valence-electron chi connectivity index (χ1n) is 17.0. The van der Waals surface area contributed by atoms with E-state index in [-0.39, 0.29) is 35.0 Å². The molecule has 20 nitrogen and oxygen atoms in total. The number of carbonyl (C=O) groups is 1. The Morgan fingerprint density at radius 1 is 0.741 bits per heavy atom. The minimum atomic E-state index is -1.96. The van der Waals surface area contributed by atoms with Gasteiger partial charge in [-0.25, -0.2) is 0 Å². The number of ketones is 1. The van der Waals surface area contributed by atoms with E-state index in [0.717, 1.165) is 6.07 Å². The van der Waals surface area contributed by atoms with Crippen LogP contribution in [-0.4, -0.2) is 174 Å². The van der Waals surface area contributed by atoms with Gasteiger partial charge in [0.2, 0.25) is 6.29 Å². The van der Waals surface area contributed by atoms with E-state index in [0.29, 0.717) is 5.56 Å². The van der Waals surface area contributed by atoms with E-state index >= 15 is 0 Å². The molecule has 3 saturated heterocycles. The number of hydrogen-bond acceptors (Lipinski definition) is 20. The highest BCUT2D eigenvalue weighted by molar-refractivity contribution is 6.02. The highest BCUT2D eigenvalue weighted by Gasteiger charge is 2.52. The second-order valence-electron chi connectivity index (χ2n) is 13.4. The molecule has 300 valence electrons. The molecule has 2 aromatic carbocycles. The molecular formula is C34H44O20. The molecule has 4 heterocycles. The van der Waals surface area contributed by atoms with Crippen molar-refractivity contribution in [1.82, 2.24) is 0 Å². The van der Waals surface area contributed by atoms with Crippen LogP contribution in [0, 0.1) is 0 Å². The van der Waals surface area contributed by atoms with Gasteiger partial charge in [-0.15, -0.1) is 0 Å². The van der Waals surface area contributed by atoms with E-state index in [4.69, 9.17) is 37.9 Å². The van der Waals surface area contributed by atoms with Crippen molar-refractivity contribution in [2.45, 2.75) is 112 Å². The van der Waals surface area contributed by atoms with E-state index in [9.17, 15) is 61.0 Å². The monoisotopic (exact) mass is 772 g/mol. The lowest BCUT2D eigenvalue weighted by atomic mass is 9.95. The number of Topliss-reactive ketones (excluding diaryl/α,β-unsaturated/α-hetero) is 1. The van der Waals surface area contributed by atoms with Crippen molar-refractivity contribution in [3.8, 4) is 28.7 Å². The Hall–Kier alpha value is -3.45. The summed E-state index contributed by atoms with van der Waals surface area (Å²) in [6.07, 6.45) is -26.1. The van der Waals surface area contributed by atoms with Gasteiger partial charge < -0.3 is 94.1 Å². The van der Waals surface area contributed by atoms with Gasteiger partial charge in [0, 0.05) is 12.1 Å². The third-order valence-corrected chi connectivity index (χ3v) is 9.81. The second kappa shape index (κ2) is 16.3. The summed E-state index contributed by atoms with van der Waals surface area (Å²) in [4.78, 5) is 13.1. The maximum atomic E-state index is 13.1. The van der Waals surface area contributed by atoms with Crippen molar-refractivity contribution in [3.05, 3.63) is 41.5 Å². The number of carbonyl (C=O) groups excluding carboxylic acids is 1. The zero-order valence-corrected chi connectivity index (χ0v) is 28.8. The molecule has 54 heavy (non-hydrogen) atoms. The van der Waals surface area contributed by atoms with Crippen LogP contribution in [0.5, 0.6) is 28.7 Å². The van der Waals surface area contributed by atoms with E-state index in [1.54, 1.807) is 6.07 Å². The quantitative estimate of drug-likeness (QED) is 0.112. The van der Waals surface area contributed by atoms with Gasteiger partial charge in [-0.1, -0.05) is 6.07 Å². The van der Waals surface area contributed by atoms with Crippen LogP contribution < -0.4 is 14.2 Å². The molecule has 0 saturated carbocycles. The number of hydrogen-bond donors (Lipinski definition) is 11. The van der Waals surface area contributed by atoms with Crippen molar-refractivity contribution in [2.24, 2.45) is 0 Å². The van der Waals surface area contributed by atoms with Gasteiger partial charge in [0.1, 0.15) is 96.1 Å². The molecule has 11 N–H and O–H groups in total. The molecule has 7 unspecified atom stereocenters. The van der Waals surface area contributed by atoms with Crippen molar-refractivity contribution in [2.75, 3.05) is 20.3 Å². The van der Waals surface area contributed by atoms with E-state index in [1.807, 2.05) is 0 Å². The Kier molecular flexibility index (Phi) is 12.2. The number of benzene rings is 2. The first kappa shape index (κ1) is 40.2. The first-order chi connectivity index (χ1) is 25.6. The molecular weight excluding hydrogens is 728 g/mol. The number of aromatic hydroxyl groups is 2. The van der Waals surface area contributed by atoms with Crippen molar-refractivity contribution in [1.29, 1.82) is 0 Å². The van der Waals surface area contributed by atoms with E-state index < -0.39 is 123 Å². The molecule has 0 amide bonds. The molecule has 2 aromatic rings. The molecule has 16 atom stereocenters. The topological polar surface area (TPSA) is 313 Å². The summed E-state index contributed by atoms with van der Waals surface area (Å²) < 4.78 is 45.1. The lowest BCUT2D eigenvalue weighted by molar-refractivity contribution is -0.359. The van der Waals surface area contributed by atoms with Crippen molar-refractivity contribution < 1.29 is 98.9 Å². The van der Waals surface area contributed by atoms with Gasteiger partial charge in [-0.05, 0) is 24.6 Å². The van der Waals surface area contributed by atoms with Gasteiger partial charge >= 0.3 is 0 Å². The normalized spacial score (nSPS) is 39.7. The summed E-state index contributed by atoms with van der Waals surface area (Å²) in [6.45, 7) is -0.0296. The largest absolute Gasteiger partial charge is 0.507 e. The van der Waals surface area contributed by atoms with Crippen LogP contribution in [0.15, 0.2) is 30.3 Å². The zero-order chi connectivity index (χ0) is 39.2. The molecule has 0 spiro atoms. The van der Waals surface area contributed by atoms with Crippen LogP contribution in [0.25, 0.3) is 0 Å². The Balaban J connectivity index is 1.24. The minimum absolute atomic E-state index is 0.116. The Bertz CT molecular complexity index is 1620. The van der Waals surface area contributed by atoms with Crippen LogP contribution in [0.2, 0.25) is 0 Å². The molecule has 0 aliphatic carbocycles. The van der Waals surface area contributed by atoms with Crippen molar-refractivity contribution >= 4 is 5.78 Å². The molecule has 3 fully saturated rings. The molecule has 20 heteroatoms. The SMILES string of the molecule is COc1ccc(C2CC(=O)c3c(O)cc(O[C@@H]4OC(CO[C@@H]5OC(C)[C@H](O)[C@H](O)C5O)[C@H](O[C@@H]5OC(CO)[C@H](O)[C@H](O)C5O)[C@H](O)C4O)cc3O2)cc1O. The third-order valence-electron chi connectivity index (χ3n) is 9.81. The second-order valence-corrected chi connectivity index (χ2v) is 13.4. The first-order valence-corrected chi connectivity index (χ1v) is 17.0. The van der Waals surface area contributed by atoms with Gasteiger partial charge in [0.25, 0.3) is 0 Å². The van der Waals surface area contributed by atoms with Crippen LogP contribution in [0.1, 0.15) is 35.4 Å². The van der Waals surface area contributed by atoms with E-state index in [1.165, 1.54) is 32.2 Å². The summed E-state index contributed by atoms with van der Waals surface area (Å²) in [7, 11) is 1.37. The maximum absolute atomic E-state index is 13.1.